The van der Waals surface area contributed by atoms with E-state index < -0.39 is 29.6 Å². The predicted molar refractivity (Wildman–Crippen MR) is 144 cm³/mol. The Hall–Kier alpha value is -3.16. The molecule has 38 heavy (non-hydrogen) atoms. The SMILES string of the molecule is CC(c1ccccc1)N1C(=O)C2C(C(=O)Nc3cccc(Cl)c3)C3C=CC2(O3)C1C(=O)NC1CCCCC1. The van der Waals surface area contributed by atoms with Gasteiger partial charge in [-0.3, -0.25) is 14.4 Å². The van der Waals surface area contributed by atoms with Gasteiger partial charge in [0.25, 0.3) is 0 Å². The van der Waals surface area contributed by atoms with Gasteiger partial charge in [-0.15, -0.1) is 0 Å². The largest absolute Gasteiger partial charge is 0.359 e. The summed E-state index contributed by atoms with van der Waals surface area (Å²) in [6.45, 7) is 1.93. The molecular formula is C30H32ClN3O4. The van der Waals surface area contributed by atoms with Crippen molar-refractivity contribution in [2.24, 2.45) is 11.8 Å². The molecule has 2 bridgehead atoms. The van der Waals surface area contributed by atoms with Gasteiger partial charge < -0.3 is 20.3 Å². The molecule has 0 aromatic heterocycles. The molecular weight excluding hydrogens is 502 g/mol. The first-order valence-electron chi connectivity index (χ1n) is 13.5. The Labute approximate surface area is 227 Å². The molecule has 4 aliphatic rings. The molecule has 1 saturated carbocycles. The first-order valence-corrected chi connectivity index (χ1v) is 13.9. The van der Waals surface area contributed by atoms with Gasteiger partial charge in [-0.05, 0) is 43.5 Å². The summed E-state index contributed by atoms with van der Waals surface area (Å²) in [6, 6.07) is 15.4. The number of carbonyl (C=O) groups excluding carboxylic acids is 3. The Morgan fingerprint density at radius 3 is 2.55 bits per heavy atom. The van der Waals surface area contributed by atoms with Crippen LogP contribution in [0.4, 0.5) is 5.69 Å². The molecule has 3 fully saturated rings. The van der Waals surface area contributed by atoms with E-state index in [0.717, 1.165) is 31.2 Å². The van der Waals surface area contributed by atoms with E-state index in [1.807, 2.05) is 49.4 Å². The lowest BCUT2D eigenvalue weighted by Crippen LogP contribution is -2.56. The molecule has 6 unspecified atom stereocenters. The molecule has 0 radical (unpaired) electrons. The second kappa shape index (κ2) is 9.86. The zero-order valence-corrected chi connectivity index (χ0v) is 22.1. The van der Waals surface area contributed by atoms with Crippen LogP contribution in [0.5, 0.6) is 0 Å². The number of carbonyl (C=O) groups is 3. The van der Waals surface area contributed by atoms with Gasteiger partial charge >= 0.3 is 0 Å². The van der Waals surface area contributed by atoms with Crippen molar-refractivity contribution in [3.8, 4) is 0 Å². The molecule has 8 heteroatoms. The molecule has 2 saturated heterocycles. The van der Waals surface area contributed by atoms with E-state index in [0.29, 0.717) is 10.7 Å². The topological polar surface area (TPSA) is 87.7 Å². The summed E-state index contributed by atoms with van der Waals surface area (Å²) in [5.41, 5.74) is 0.279. The van der Waals surface area contributed by atoms with Crippen molar-refractivity contribution in [1.29, 1.82) is 0 Å². The average Bonchev–Trinajstić information content (AvgIpc) is 3.56. The van der Waals surface area contributed by atoms with Gasteiger partial charge in [0.05, 0.1) is 24.0 Å². The van der Waals surface area contributed by atoms with Gasteiger partial charge in [-0.2, -0.15) is 0 Å². The average molecular weight is 534 g/mol. The molecule has 6 atom stereocenters. The molecule has 2 aromatic rings. The summed E-state index contributed by atoms with van der Waals surface area (Å²) in [4.78, 5) is 43.5. The van der Waals surface area contributed by atoms with Crippen molar-refractivity contribution in [2.45, 2.75) is 68.9 Å². The molecule has 3 heterocycles. The number of halogens is 1. The van der Waals surface area contributed by atoms with E-state index in [1.165, 1.54) is 6.42 Å². The van der Waals surface area contributed by atoms with E-state index in [-0.39, 0.29) is 29.8 Å². The van der Waals surface area contributed by atoms with Crippen molar-refractivity contribution in [2.75, 3.05) is 5.32 Å². The molecule has 198 valence electrons. The number of hydrogen-bond acceptors (Lipinski definition) is 4. The Morgan fingerprint density at radius 2 is 1.82 bits per heavy atom. The van der Waals surface area contributed by atoms with Crippen LogP contribution in [0.15, 0.2) is 66.7 Å². The normalized spacial score (nSPS) is 30.8. The summed E-state index contributed by atoms with van der Waals surface area (Å²) < 4.78 is 6.47. The highest BCUT2D eigenvalue weighted by molar-refractivity contribution is 6.30. The summed E-state index contributed by atoms with van der Waals surface area (Å²) in [7, 11) is 0. The summed E-state index contributed by atoms with van der Waals surface area (Å²) in [5, 5.41) is 6.65. The highest BCUT2D eigenvalue weighted by Gasteiger charge is 2.73. The fraction of sp³-hybridized carbons (Fsp3) is 0.433. The molecule has 3 aliphatic heterocycles. The van der Waals surface area contributed by atoms with Crippen molar-refractivity contribution >= 4 is 35.0 Å². The second-order valence-electron chi connectivity index (χ2n) is 10.9. The van der Waals surface area contributed by atoms with Crippen LogP contribution in [0.3, 0.4) is 0 Å². The van der Waals surface area contributed by atoms with Crippen LogP contribution in [-0.4, -0.2) is 46.4 Å². The number of ether oxygens (including phenoxy) is 1. The molecule has 2 N–H and O–H groups in total. The lowest BCUT2D eigenvalue weighted by atomic mass is 9.74. The number of hydrogen-bond donors (Lipinski definition) is 2. The number of fused-ring (bicyclic) bond motifs is 1. The van der Waals surface area contributed by atoms with E-state index in [1.54, 1.807) is 29.2 Å². The van der Waals surface area contributed by atoms with E-state index in [4.69, 9.17) is 16.3 Å². The van der Waals surface area contributed by atoms with Gasteiger partial charge in [-0.1, -0.05) is 79.4 Å². The van der Waals surface area contributed by atoms with Crippen molar-refractivity contribution in [1.82, 2.24) is 10.2 Å². The lowest BCUT2D eigenvalue weighted by Gasteiger charge is -2.37. The third-order valence-corrected chi connectivity index (χ3v) is 8.84. The standard InChI is InChI=1S/C30H32ClN3O4/c1-18(19-9-4-2-5-10-19)34-26(28(36)32-21-12-6-3-7-13-21)30-16-15-23(38-30)24(25(30)29(34)37)27(35)33-22-14-8-11-20(31)17-22/h2,4-5,8-11,14-18,21,23-26H,3,6-7,12-13H2,1H3,(H,32,36)(H,33,35). The first kappa shape index (κ1) is 25.1. The zero-order chi connectivity index (χ0) is 26.4. The predicted octanol–water partition coefficient (Wildman–Crippen LogP) is 4.64. The van der Waals surface area contributed by atoms with Crippen LogP contribution in [0, 0.1) is 11.8 Å². The number of anilines is 1. The van der Waals surface area contributed by atoms with Crippen LogP contribution in [0.1, 0.15) is 50.6 Å². The Kier molecular flexibility index (Phi) is 6.52. The monoisotopic (exact) mass is 533 g/mol. The van der Waals surface area contributed by atoms with Crippen molar-refractivity contribution < 1.29 is 19.1 Å². The molecule has 1 aliphatic carbocycles. The van der Waals surface area contributed by atoms with Crippen LogP contribution >= 0.6 is 11.6 Å². The third-order valence-electron chi connectivity index (χ3n) is 8.61. The van der Waals surface area contributed by atoms with E-state index >= 15 is 0 Å². The first-order chi connectivity index (χ1) is 18.4. The smallest absolute Gasteiger partial charge is 0.246 e. The molecule has 2 aromatic carbocycles. The van der Waals surface area contributed by atoms with Gasteiger partial charge in [0, 0.05) is 16.8 Å². The number of likely N-dealkylation sites (tertiary alicyclic amines) is 1. The van der Waals surface area contributed by atoms with Crippen LogP contribution in [0.25, 0.3) is 0 Å². The minimum absolute atomic E-state index is 0.0835. The molecule has 7 nitrogen and oxygen atoms in total. The summed E-state index contributed by atoms with van der Waals surface area (Å²) in [6.07, 6.45) is 8.31. The highest BCUT2D eigenvalue weighted by atomic mass is 35.5. The number of benzene rings is 2. The minimum atomic E-state index is -1.19. The van der Waals surface area contributed by atoms with E-state index in [9.17, 15) is 14.4 Å². The maximum Gasteiger partial charge on any atom is 0.246 e. The minimum Gasteiger partial charge on any atom is -0.359 e. The maximum atomic E-state index is 14.2. The third kappa shape index (κ3) is 4.12. The lowest BCUT2D eigenvalue weighted by molar-refractivity contribution is -0.143. The van der Waals surface area contributed by atoms with Gasteiger partial charge in [-0.25, -0.2) is 0 Å². The highest BCUT2D eigenvalue weighted by Crippen LogP contribution is 2.56. The van der Waals surface area contributed by atoms with Crippen LogP contribution in [-0.2, 0) is 19.1 Å². The maximum absolute atomic E-state index is 14.2. The second-order valence-corrected chi connectivity index (χ2v) is 11.3. The fourth-order valence-corrected chi connectivity index (χ4v) is 7.02. The Bertz CT molecular complexity index is 1280. The van der Waals surface area contributed by atoms with Gasteiger partial charge in [0.1, 0.15) is 11.6 Å². The number of amides is 3. The number of rotatable bonds is 6. The zero-order valence-electron chi connectivity index (χ0n) is 21.3. The van der Waals surface area contributed by atoms with Crippen LogP contribution < -0.4 is 10.6 Å². The summed E-state index contributed by atoms with van der Waals surface area (Å²) in [5.74, 6) is -2.32. The van der Waals surface area contributed by atoms with E-state index in [2.05, 4.69) is 10.6 Å². The van der Waals surface area contributed by atoms with Gasteiger partial charge in [0.15, 0.2) is 0 Å². The fourth-order valence-electron chi connectivity index (χ4n) is 6.83. The number of nitrogens with zero attached hydrogens (tertiary/aromatic N) is 1. The Balaban J connectivity index is 1.35. The van der Waals surface area contributed by atoms with Gasteiger partial charge in [0.2, 0.25) is 17.7 Å². The molecule has 1 spiro atoms. The summed E-state index contributed by atoms with van der Waals surface area (Å²) >= 11 is 6.12. The number of nitrogens with one attached hydrogen (secondary N) is 2. The van der Waals surface area contributed by atoms with Crippen molar-refractivity contribution in [3.05, 3.63) is 77.3 Å². The van der Waals surface area contributed by atoms with Crippen LogP contribution in [0.2, 0.25) is 5.02 Å². The molecule has 3 amide bonds. The van der Waals surface area contributed by atoms with Crippen molar-refractivity contribution in [3.63, 3.8) is 0 Å². The molecule has 6 rings (SSSR count). The Morgan fingerprint density at radius 1 is 1.05 bits per heavy atom. The quantitative estimate of drug-likeness (QED) is 0.530.